The van der Waals surface area contributed by atoms with Gasteiger partial charge in [-0.1, -0.05) is 18.2 Å². The average molecular weight is 277 g/mol. The van der Waals surface area contributed by atoms with Crippen molar-refractivity contribution in [1.29, 1.82) is 0 Å². The molecule has 2 nitrogen and oxygen atoms in total. The van der Waals surface area contributed by atoms with Crippen molar-refractivity contribution in [3.8, 4) is 0 Å². The topological polar surface area (TPSA) is 46.2 Å². The van der Waals surface area contributed by atoms with Crippen molar-refractivity contribution < 1.29 is 5.11 Å². The number of rotatable bonds is 3. The molecule has 0 unspecified atom stereocenters. The Bertz CT molecular complexity index is 252. The normalized spacial score (nSPS) is 12.9. The Kier molecular flexibility index (Phi) is 3.97. The molecule has 1 aromatic carbocycles. The van der Waals surface area contributed by atoms with E-state index in [1.807, 2.05) is 24.3 Å². The number of aliphatic hydroxyl groups excluding tert-OH is 1. The lowest BCUT2D eigenvalue weighted by Gasteiger charge is -2.08. The van der Waals surface area contributed by atoms with E-state index in [1.54, 1.807) is 0 Å². The fourth-order valence-corrected chi connectivity index (χ4v) is 1.62. The van der Waals surface area contributed by atoms with Gasteiger partial charge in [-0.15, -0.1) is 0 Å². The van der Waals surface area contributed by atoms with E-state index in [9.17, 15) is 0 Å². The van der Waals surface area contributed by atoms with Crippen molar-refractivity contribution in [2.45, 2.75) is 12.5 Å². The van der Waals surface area contributed by atoms with Crippen LogP contribution in [0.3, 0.4) is 0 Å². The first-order valence-corrected chi connectivity index (χ1v) is 4.91. The minimum atomic E-state index is -0.138. The van der Waals surface area contributed by atoms with Gasteiger partial charge in [0, 0.05) is 9.61 Å². The van der Waals surface area contributed by atoms with E-state index >= 15 is 0 Å². The van der Waals surface area contributed by atoms with Crippen LogP contribution in [-0.4, -0.2) is 17.8 Å². The highest BCUT2D eigenvalue weighted by atomic mass is 127. The van der Waals surface area contributed by atoms with E-state index in [0.29, 0.717) is 0 Å². The molecule has 0 aliphatic carbocycles. The summed E-state index contributed by atoms with van der Waals surface area (Å²) in [5, 5.41) is 8.76. The van der Waals surface area contributed by atoms with E-state index in [0.717, 1.165) is 6.42 Å². The van der Waals surface area contributed by atoms with Crippen LogP contribution >= 0.6 is 22.6 Å². The van der Waals surface area contributed by atoms with Crippen LogP contribution < -0.4 is 5.73 Å². The first kappa shape index (κ1) is 9.95. The zero-order valence-electron chi connectivity index (χ0n) is 6.70. The molecule has 0 saturated carbocycles. The van der Waals surface area contributed by atoms with Crippen molar-refractivity contribution >= 4 is 22.6 Å². The van der Waals surface area contributed by atoms with E-state index in [4.69, 9.17) is 10.8 Å². The predicted octanol–water partition coefficient (Wildman–Crippen LogP) is 1.15. The van der Waals surface area contributed by atoms with Crippen molar-refractivity contribution in [2.75, 3.05) is 6.61 Å². The van der Waals surface area contributed by atoms with Gasteiger partial charge in [0.05, 0.1) is 6.61 Å². The van der Waals surface area contributed by atoms with Crippen LogP contribution in [0.25, 0.3) is 0 Å². The van der Waals surface area contributed by atoms with Gasteiger partial charge in [0.2, 0.25) is 0 Å². The second kappa shape index (κ2) is 4.79. The molecular formula is C9H12INO. The lowest BCUT2D eigenvalue weighted by atomic mass is 10.1. The molecule has 0 spiro atoms. The van der Waals surface area contributed by atoms with Gasteiger partial charge in [0.15, 0.2) is 0 Å². The maximum Gasteiger partial charge on any atom is 0.0585 e. The van der Waals surface area contributed by atoms with Gasteiger partial charge in [-0.05, 0) is 40.6 Å². The number of nitrogens with two attached hydrogens (primary N) is 1. The Labute approximate surface area is 85.9 Å². The van der Waals surface area contributed by atoms with Crippen molar-refractivity contribution in [2.24, 2.45) is 5.73 Å². The molecule has 0 aliphatic rings. The molecule has 1 rings (SSSR count). The van der Waals surface area contributed by atoms with Gasteiger partial charge in [-0.2, -0.15) is 0 Å². The van der Waals surface area contributed by atoms with Crippen molar-refractivity contribution in [3.63, 3.8) is 0 Å². The average Bonchev–Trinajstić information content (AvgIpc) is 2.09. The number of aliphatic hydroxyl groups is 1. The second-order valence-electron chi connectivity index (χ2n) is 2.74. The largest absolute Gasteiger partial charge is 0.395 e. The summed E-state index contributed by atoms with van der Waals surface area (Å²) in [6.07, 6.45) is 0.746. The summed E-state index contributed by atoms with van der Waals surface area (Å²) in [6, 6.07) is 7.93. The molecule has 12 heavy (non-hydrogen) atoms. The third-order valence-electron chi connectivity index (χ3n) is 1.67. The summed E-state index contributed by atoms with van der Waals surface area (Å²) in [7, 11) is 0. The Morgan fingerprint density at radius 3 is 2.67 bits per heavy atom. The van der Waals surface area contributed by atoms with Crippen molar-refractivity contribution in [1.82, 2.24) is 0 Å². The molecule has 0 heterocycles. The number of hydrogen-bond acceptors (Lipinski definition) is 2. The van der Waals surface area contributed by atoms with Crippen LogP contribution in [0.1, 0.15) is 5.56 Å². The van der Waals surface area contributed by atoms with Gasteiger partial charge in [-0.25, -0.2) is 0 Å². The second-order valence-corrected chi connectivity index (χ2v) is 3.90. The molecule has 0 saturated heterocycles. The highest BCUT2D eigenvalue weighted by Gasteiger charge is 2.04. The van der Waals surface area contributed by atoms with Gasteiger partial charge in [0.1, 0.15) is 0 Å². The van der Waals surface area contributed by atoms with Gasteiger partial charge in [-0.3, -0.25) is 0 Å². The van der Waals surface area contributed by atoms with Gasteiger partial charge < -0.3 is 10.8 Å². The third kappa shape index (κ3) is 2.73. The molecule has 0 aliphatic heterocycles. The summed E-state index contributed by atoms with van der Waals surface area (Å²) in [6.45, 7) is 0.0466. The summed E-state index contributed by atoms with van der Waals surface area (Å²) < 4.78 is 1.21. The molecule has 66 valence electrons. The van der Waals surface area contributed by atoms with Gasteiger partial charge in [0.25, 0.3) is 0 Å². The monoisotopic (exact) mass is 277 g/mol. The summed E-state index contributed by atoms with van der Waals surface area (Å²) >= 11 is 2.27. The molecular weight excluding hydrogens is 265 g/mol. The van der Waals surface area contributed by atoms with Crippen LogP contribution in [0.2, 0.25) is 0 Å². The fourth-order valence-electron chi connectivity index (χ4n) is 1.01. The van der Waals surface area contributed by atoms with Crippen molar-refractivity contribution in [3.05, 3.63) is 33.4 Å². The summed E-state index contributed by atoms with van der Waals surface area (Å²) in [5.41, 5.74) is 6.83. The Balaban J connectivity index is 2.69. The molecule has 1 atom stereocenters. The van der Waals surface area contributed by atoms with E-state index in [1.165, 1.54) is 9.13 Å². The predicted molar refractivity (Wildman–Crippen MR) is 57.9 cm³/mol. The maximum absolute atomic E-state index is 8.76. The Hall–Kier alpha value is -0.130. The van der Waals surface area contributed by atoms with Crippen LogP contribution in [0, 0.1) is 3.57 Å². The lowest BCUT2D eigenvalue weighted by molar-refractivity contribution is 0.265. The van der Waals surface area contributed by atoms with Gasteiger partial charge >= 0.3 is 0 Å². The Morgan fingerprint density at radius 1 is 1.42 bits per heavy atom. The SMILES string of the molecule is N[C@H](CO)Cc1ccccc1I. The highest BCUT2D eigenvalue weighted by molar-refractivity contribution is 14.1. The van der Waals surface area contributed by atoms with E-state index in [-0.39, 0.29) is 12.6 Å². The molecule has 0 radical (unpaired) electrons. The minimum Gasteiger partial charge on any atom is -0.395 e. The lowest BCUT2D eigenvalue weighted by Crippen LogP contribution is -2.27. The van der Waals surface area contributed by atoms with E-state index in [2.05, 4.69) is 22.6 Å². The zero-order chi connectivity index (χ0) is 8.97. The fraction of sp³-hybridized carbons (Fsp3) is 0.333. The molecule has 0 aromatic heterocycles. The molecule has 1 aromatic rings. The maximum atomic E-state index is 8.76. The Morgan fingerprint density at radius 2 is 2.08 bits per heavy atom. The van der Waals surface area contributed by atoms with Crippen LogP contribution in [0.15, 0.2) is 24.3 Å². The molecule has 3 N–H and O–H groups in total. The van der Waals surface area contributed by atoms with Crippen LogP contribution in [0.4, 0.5) is 0 Å². The zero-order valence-corrected chi connectivity index (χ0v) is 8.86. The summed E-state index contributed by atoms with van der Waals surface area (Å²) in [4.78, 5) is 0. The minimum absolute atomic E-state index is 0.0466. The quantitative estimate of drug-likeness (QED) is 0.814. The molecule has 3 heteroatoms. The summed E-state index contributed by atoms with van der Waals surface area (Å²) in [5.74, 6) is 0. The third-order valence-corrected chi connectivity index (χ3v) is 2.73. The molecule has 0 amide bonds. The highest BCUT2D eigenvalue weighted by Crippen LogP contribution is 2.12. The number of hydrogen-bond donors (Lipinski definition) is 2. The standard InChI is InChI=1S/C9H12INO/c10-9-4-2-1-3-7(9)5-8(11)6-12/h1-4,8,12H,5-6,11H2/t8-/m0/s1. The first-order valence-electron chi connectivity index (χ1n) is 3.84. The first-order chi connectivity index (χ1) is 5.74. The molecule has 0 fully saturated rings. The number of halogens is 1. The molecule has 0 bridgehead atoms. The van der Waals surface area contributed by atoms with Crippen LogP contribution in [0.5, 0.6) is 0 Å². The van der Waals surface area contributed by atoms with E-state index < -0.39 is 0 Å². The smallest absolute Gasteiger partial charge is 0.0585 e. The number of benzene rings is 1. The van der Waals surface area contributed by atoms with Crippen LogP contribution in [-0.2, 0) is 6.42 Å².